The minimum atomic E-state index is -1.29. The van der Waals surface area contributed by atoms with E-state index in [1.807, 2.05) is 38.1 Å². The van der Waals surface area contributed by atoms with Crippen LogP contribution in [0.15, 0.2) is 42.0 Å². The summed E-state index contributed by atoms with van der Waals surface area (Å²) in [6.07, 6.45) is 3.50. The van der Waals surface area contributed by atoms with E-state index in [0.29, 0.717) is 13.0 Å². The molecule has 0 aliphatic rings. The maximum atomic E-state index is 13.9. The van der Waals surface area contributed by atoms with Gasteiger partial charge in [-0.25, -0.2) is 4.98 Å². The standard InChI is InChI=1S/C31H45N9O6S/c1-17(2)13-23(27(44)38-22(9-6-10-35-31(32)33)26(43)30-34-11-12-47-30)39-28(45)24(40-29(46)25(16-41)37-18(3)42)14-19-15-36-21-8-5-4-7-20(19)21/h4-5,7-8,11-12,15,17,22-25,31,35-36,41H,6,9-10,13-14,16,32-33H2,1-3H3,(H,37,42)(H,38,44)(H,39,45)(H,40,46)/t22-,23-,24-,25-/m0/s1. The normalized spacial score (nSPS) is 14.0. The van der Waals surface area contributed by atoms with E-state index in [0.717, 1.165) is 27.8 Å². The summed E-state index contributed by atoms with van der Waals surface area (Å²) in [7, 11) is 0. The lowest BCUT2D eigenvalue weighted by Crippen LogP contribution is -2.58. The number of hydrogen-bond acceptors (Lipinski definition) is 11. The largest absolute Gasteiger partial charge is 0.394 e. The quantitative estimate of drug-likeness (QED) is 0.0454. The molecule has 47 heavy (non-hydrogen) atoms. The number of benzene rings is 1. The summed E-state index contributed by atoms with van der Waals surface area (Å²) in [6, 6.07) is 2.98. The van der Waals surface area contributed by atoms with Crippen LogP contribution in [-0.4, -0.2) is 88.1 Å². The van der Waals surface area contributed by atoms with Crippen molar-refractivity contribution in [2.45, 2.75) is 76.9 Å². The van der Waals surface area contributed by atoms with Gasteiger partial charge in [-0.15, -0.1) is 11.3 Å². The molecular weight excluding hydrogens is 626 g/mol. The number of nitrogens with one attached hydrogen (secondary N) is 6. The Kier molecular flexibility index (Phi) is 14.4. The van der Waals surface area contributed by atoms with Crippen molar-refractivity contribution in [3.05, 3.63) is 52.6 Å². The molecule has 0 saturated carbocycles. The molecule has 2 aromatic heterocycles. The Morgan fingerprint density at radius 2 is 1.60 bits per heavy atom. The smallest absolute Gasteiger partial charge is 0.245 e. The fraction of sp³-hybridized carbons (Fsp3) is 0.484. The molecule has 15 nitrogen and oxygen atoms in total. The highest BCUT2D eigenvalue weighted by Crippen LogP contribution is 2.20. The molecule has 0 radical (unpaired) electrons. The van der Waals surface area contributed by atoms with E-state index in [2.05, 4.69) is 36.6 Å². The van der Waals surface area contributed by atoms with Crippen LogP contribution < -0.4 is 38.1 Å². The molecule has 0 aliphatic heterocycles. The molecule has 3 rings (SSSR count). The van der Waals surface area contributed by atoms with Crippen LogP contribution in [0.2, 0.25) is 0 Å². The first-order valence-corrected chi connectivity index (χ1v) is 16.3. The van der Waals surface area contributed by atoms with E-state index in [1.54, 1.807) is 11.6 Å². The van der Waals surface area contributed by atoms with Gasteiger partial charge in [-0.2, -0.15) is 0 Å². The Bertz CT molecular complexity index is 1490. The minimum Gasteiger partial charge on any atom is -0.394 e. The molecule has 0 bridgehead atoms. The predicted molar refractivity (Wildman–Crippen MR) is 178 cm³/mol. The van der Waals surface area contributed by atoms with E-state index in [-0.39, 0.29) is 36.0 Å². The summed E-state index contributed by atoms with van der Waals surface area (Å²) in [5.74, 6) is -2.93. The van der Waals surface area contributed by atoms with Gasteiger partial charge in [-0.1, -0.05) is 32.0 Å². The van der Waals surface area contributed by atoms with Crippen LogP contribution >= 0.6 is 11.3 Å². The molecule has 0 fully saturated rings. The minimum absolute atomic E-state index is 0.0328. The SMILES string of the molecule is CC(=O)N[C@@H](CO)C(=O)N[C@@H](Cc1c[nH]c2ccccc12)C(=O)N[C@@H](CC(C)C)C(=O)N[C@@H](CCCNC(N)N)C(=O)c1nccs1. The molecule has 256 valence electrons. The van der Waals surface area contributed by atoms with Gasteiger partial charge in [0.25, 0.3) is 0 Å². The van der Waals surface area contributed by atoms with Gasteiger partial charge in [-0.3, -0.25) is 29.3 Å². The number of carbonyl (C=O) groups is 5. The van der Waals surface area contributed by atoms with Crippen molar-refractivity contribution in [1.82, 2.24) is 36.6 Å². The number of hydrogen-bond donors (Lipinski definition) is 9. The monoisotopic (exact) mass is 671 g/mol. The molecule has 0 spiro atoms. The fourth-order valence-corrected chi connectivity index (χ4v) is 5.66. The van der Waals surface area contributed by atoms with Crippen LogP contribution in [-0.2, 0) is 25.6 Å². The third kappa shape index (κ3) is 11.5. The zero-order valence-corrected chi connectivity index (χ0v) is 27.6. The van der Waals surface area contributed by atoms with E-state index >= 15 is 0 Å². The third-order valence-corrected chi connectivity index (χ3v) is 8.06. The number of aliphatic hydroxyl groups is 1. The summed E-state index contributed by atoms with van der Waals surface area (Å²) in [5, 5.41) is 25.9. The van der Waals surface area contributed by atoms with Crippen molar-refractivity contribution in [1.29, 1.82) is 0 Å². The van der Waals surface area contributed by atoms with Crippen molar-refractivity contribution in [2.75, 3.05) is 13.2 Å². The number of rotatable bonds is 19. The number of nitrogens with zero attached hydrogens (tertiary/aromatic N) is 1. The number of carbonyl (C=O) groups excluding carboxylic acids is 5. The lowest BCUT2D eigenvalue weighted by Gasteiger charge is -2.27. The Labute approximate surface area is 277 Å². The van der Waals surface area contributed by atoms with Gasteiger partial charge in [0.15, 0.2) is 5.01 Å². The maximum Gasteiger partial charge on any atom is 0.245 e. The molecular formula is C31H45N9O6S. The van der Waals surface area contributed by atoms with Gasteiger partial charge in [0, 0.05) is 42.0 Å². The first-order chi connectivity index (χ1) is 22.4. The molecule has 3 aromatic rings. The highest BCUT2D eigenvalue weighted by molar-refractivity contribution is 7.11. The summed E-state index contributed by atoms with van der Waals surface area (Å²) in [5.41, 5.74) is 12.7. The summed E-state index contributed by atoms with van der Waals surface area (Å²) < 4.78 is 0. The zero-order valence-electron chi connectivity index (χ0n) is 26.7. The van der Waals surface area contributed by atoms with E-state index in [9.17, 15) is 29.1 Å². The number of aliphatic hydroxyl groups excluding tert-OH is 1. The van der Waals surface area contributed by atoms with Crippen LogP contribution in [0.1, 0.15) is 55.4 Å². The van der Waals surface area contributed by atoms with Crippen LogP contribution in [0.3, 0.4) is 0 Å². The van der Waals surface area contributed by atoms with Gasteiger partial charge in [0.2, 0.25) is 29.4 Å². The number of ketones is 1. The van der Waals surface area contributed by atoms with Crippen molar-refractivity contribution in [3.8, 4) is 0 Å². The van der Waals surface area contributed by atoms with Gasteiger partial charge in [-0.05, 0) is 43.4 Å². The average Bonchev–Trinajstić information content (AvgIpc) is 3.70. The molecule has 16 heteroatoms. The second-order valence-corrected chi connectivity index (χ2v) is 12.5. The number of aromatic nitrogens is 2. The van der Waals surface area contributed by atoms with Crippen LogP contribution in [0.25, 0.3) is 10.9 Å². The van der Waals surface area contributed by atoms with E-state index in [4.69, 9.17) is 11.5 Å². The molecule has 11 N–H and O–H groups in total. The van der Waals surface area contributed by atoms with Crippen molar-refractivity contribution >= 4 is 51.7 Å². The highest BCUT2D eigenvalue weighted by atomic mass is 32.1. The number of thiazole rings is 1. The Morgan fingerprint density at radius 3 is 2.23 bits per heavy atom. The van der Waals surface area contributed by atoms with E-state index < -0.39 is 60.7 Å². The van der Waals surface area contributed by atoms with Crippen molar-refractivity contribution < 1.29 is 29.1 Å². The lowest BCUT2D eigenvalue weighted by atomic mass is 9.99. The topological polar surface area (TPSA) is 246 Å². The molecule has 4 amide bonds. The fourth-order valence-electron chi connectivity index (χ4n) is 5.03. The molecule has 0 saturated heterocycles. The Morgan fingerprint density at radius 1 is 0.936 bits per heavy atom. The van der Waals surface area contributed by atoms with Crippen molar-refractivity contribution in [3.63, 3.8) is 0 Å². The van der Waals surface area contributed by atoms with Crippen LogP contribution in [0.4, 0.5) is 0 Å². The zero-order chi connectivity index (χ0) is 34.5. The maximum absolute atomic E-state index is 13.9. The summed E-state index contributed by atoms with van der Waals surface area (Å²) >= 11 is 1.16. The Balaban J connectivity index is 1.84. The van der Waals surface area contributed by atoms with E-state index in [1.165, 1.54) is 13.1 Å². The first-order valence-electron chi connectivity index (χ1n) is 15.4. The summed E-state index contributed by atoms with van der Waals surface area (Å²) in [4.78, 5) is 72.9. The van der Waals surface area contributed by atoms with Crippen LogP contribution in [0, 0.1) is 5.92 Å². The van der Waals surface area contributed by atoms with Crippen molar-refractivity contribution in [2.24, 2.45) is 17.4 Å². The number of amides is 4. The lowest BCUT2D eigenvalue weighted by molar-refractivity contribution is -0.134. The number of H-pyrrole nitrogens is 1. The predicted octanol–water partition coefficient (Wildman–Crippen LogP) is -0.382. The molecule has 4 atom stereocenters. The molecule has 1 aromatic carbocycles. The van der Waals surface area contributed by atoms with Gasteiger partial charge >= 0.3 is 0 Å². The molecule has 0 unspecified atom stereocenters. The van der Waals surface area contributed by atoms with Gasteiger partial charge in [0.1, 0.15) is 24.4 Å². The highest BCUT2D eigenvalue weighted by Gasteiger charge is 2.32. The van der Waals surface area contributed by atoms with Gasteiger partial charge in [0.05, 0.1) is 12.6 Å². The number of Topliss-reactive ketones (excluding diaryl/α,β-unsaturated/α-hetero) is 1. The molecule has 0 aliphatic carbocycles. The number of fused-ring (bicyclic) bond motifs is 1. The second-order valence-electron chi connectivity index (χ2n) is 11.6. The van der Waals surface area contributed by atoms with Crippen LogP contribution in [0.5, 0.6) is 0 Å². The summed E-state index contributed by atoms with van der Waals surface area (Å²) in [6.45, 7) is 4.70. The average molecular weight is 672 g/mol. The Hall–Kier alpha value is -4.22. The second kappa shape index (κ2) is 18.2. The number of aromatic amines is 1. The first kappa shape index (κ1) is 37.2. The molecule has 2 heterocycles. The number of nitrogens with two attached hydrogens (primary N) is 2. The third-order valence-electron chi connectivity index (χ3n) is 7.27. The van der Waals surface area contributed by atoms with Gasteiger partial charge < -0.3 is 42.8 Å². The number of para-hydroxylation sites is 1.